The number of carbonyl (C=O) groups excluding carboxylic acids is 2. The second-order valence-corrected chi connectivity index (χ2v) is 6.19. The molecule has 0 bridgehead atoms. The van der Waals surface area contributed by atoms with Crippen LogP contribution in [0.3, 0.4) is 0 Å². The number of Topliss-reactive ketones (excluding diaryl/α,β-unsaturated/α-hetero) is 1. The largest absolute Gasteiger partial charge is 0.466 e. The number of aliphatic imine (C=N–C) groups is 1. The molecule has 2 rings (SSSR count). The van der Waals surface area contributed by atoms with E-state index >= 15 is 0 Å². The summed E-state index contributed by atoms with van der Waals surface area (Å²) >= 11 is 3.52. The minimum Gasteiger partial charge on any atom is -0.466 e. The molecule has 0 aromatic heterocycles. The Bertz CT molecular complexity index is 691. The van der Waals surface area contributed by atoms with Gasteiger partial charge < -0.3 is 4.74 Å². The molecule has 0 amide bonds. The third kappa shape index (κ3) is 2.90. The van der Waals surface area contributed by atoms with Crippen molar-refractivity contribution in [3.63, 3.8) is 0 Å². The topological polar surface area (TPSA) is 55.7 Å². The molecule has 2 atom stereocenters. The third-order valence-electron chi connectivity index (χ3n) is 3.91. The summed E-state index contributed by atoms with van der Waals surface area (Å²) in [7, 11) is 1.34. The second kappa shape index (κ2) is 6.57. The highest BCUT2D eigenvalue weighted by molar-refractivity contribution is 9.10. The third-order valence-corrected chi connectivity index (χ3v) is 4.63. The first-order chi connectivity index (χ1) is 10.4. The van der Waals surface area contributed by atoms with Gasteiger partial charge in [-0.1, -0.05) is 34.1 Å². The Morgan fingerprint density at radius 3 is 2.41 bits per heavy atom. The van der Waals surface area contributed by atoms with Crippen LogP contribution in [0.2, 0.25) is 0 Å². The van der Waals surface area contributed by atoms with E-state index in [0.717, 1.165) is 15.7 Å². The van der Waals surface area contributed by atoms with Crippen LogP contribution < -0.4 is 0 Å². The van der Waals surface area contributed by atoms with Crippen molar-refractivity contribution in [2.45, 2.75) is 26.7 Å². The van der Waals surface area contributed by atoms with Crippen molar-refractivity contribution < 1.29 is 14.3 Å². The SMILES string of the molecule is COC(=O)C1=C(C)N=C(C)C(C(C)=O)C1c1ccccc1Br. The zero-order valence-electron chi connectivity index (χ0n) is 13.0. The summed E-state index contributed by atoms with van der Waals surface area (Å²) in [6.45, 7) is 5.13. The lowest BCUT2D eigenvalue weighted by atomic mass is 9.74. The zero-order valence-corrected chi connectivity index (χ0v) is 14.6. The lowest BCUT2D eigenvalue weighted by Crippen LogP contribution is -2.34. The Kier molecular flexibility index (Phi) is 4.96. The fraction of sp³-hybridized carbons (Fsp3) is 0.353. The number of hydrogen-bond donors (Lipinski definition) is 0. The van der Waals surface area contributed by atoms with Gasteiger partial charge in [0.1, 0.15) is 5.78 Å². The minimum absolute atomic E-state index is 0.0177. The molecular formula is C17H18BrNO3. The van der Waals surface area contributed by atoms with E-state index in [4.69, 9.17) is 4.74 Å². The lowest BCUT2D eigenvalue weighted by Gasteiger charge is -2.31. The first kappa shape index (κ1) is 16.6. The van der Waals surface area contributed by atoms with Crippen LogP contribution in [0.4, 0.5) is 0 Å². The van der Waals surface area contributed by atoms with Gasteiger partial charge in [0.05, 0.1) is 18.6 Å². The van der Waals surface area contributed by atoms with Crippen LogP contribution in [-0.4, -0.2) is 24.6 Å². The maximum absolute atomic E-state index is 12.3. The van der Waals surface area contributed by atoms with Gasteiger partial charge in [-0.25, -0.2) is 4.79 Å². The molecule has 0 N–H and O–H groups in total. The summed E-state index contributed by atoms with van der Waals surface area (Å²) in [5, 5.41) is 0. The Morgan fingerprint density at radius 2 is 1.86 bits per heavy atom. The Balaban J connectivity index is 2.71. The number of rotatable bonds is 3. The van der Waals surface area contributed by atoms with Crippen molar-refractivity contribution in [2.75, 3.05) is 7.11 Å². The van der Waals surface area contributed by atoms with E-state index in [1.54, 1.807) is 6.92 Å². The predicted octanol–water partition coefficient (Wildman–Crippen LogP) is 3.66. The minimum atomic E-state index is -0.462. The highest BCUT2D eigenvalue weighted by atomic mass is 79.9. The highest BCUT2D eigenvalue weighted by Crippen LogP contribution is 2.42. The zero-order chi connectivity index (χ0) is 16.4. The number of allylic oxidation sites excluding steroid dienone is 1. The number of esters is 1. The smallest absolute Gasteiger partial charge is 0.336 e. The Labute approximate surface area is 138 Å². The van der Waals surface area contributed by atoms with Crippen molar-refractivity contribution in [1.82, 2.24) is 0 Å². The van der Waals surface area contributed by atoms with E-state index in [9.17, 15) is 9.59 Å². The van der Waals surface area contributed by atoms with E-state index in [1.807, 2.05) is 31.2 Å². The van der Waals surface area contributed by atoms with Gasteiger partial charge in [0, 0.05) is 21.8 Å². The van der Waals surface area contributed by atoms with Gasteiger partial charge in [-0.3, -0.25) is 9.79 Å². The summed E-state index contributed by atoms with van der Waals surface area (Å²) in [5.41, 5.74) is 2.65. The normalized spacial score (nSPS) is 21.4. The van der Waals surface area contributed by atoms with E-state index in [1.165, 1.54) is 14.0 Å². The van der Waals surface area contributed by atoms with E-state index < -0.39 is 17.8 Å². The molecule has 2 unspecified atom stereocenters. The van der Waals surface area contributed by atoms with Crippen molar-refractivity contribution in [1.29, 1.82) is 0 Å². The van der Waals surface area contributed by atoms with E-state index in [-0.39, 0.29) is 5.78 Å². The molecule has 116 valence electrons. The van der Waals surface area contributed by atoms with Gasteiger partial charge in [0.2, 0.25) is 0 Å². The summed E-state index contributed by atoms with van der Waals surface area (Å²) in [6, 6.07) is 7.61. The number of benzene rings is 1. The second-order valence-electron chi connectivity index (χ2n) is 5.33. The maximum Gasteiger partial charge on any atom is 0.336 e. The molecule has 5 heteroatoms. The molecule has 0 aliphatic carbocycles. The summed E-state index contributed by atoms with van der Waals surface area (Å²) in [5.74, 6) is -1.31. The average Bonchev–Trinajstić information content (AvgIpc) is 2.45. The Hall–Kier alpha value is -1.75. The van der Waals surface area contributed by atoms with E-state index in [0.29, 0.717) is 11.3 Å². The summed E-state index contributed by atoms with van der Waals surface area (Å²) < 4.78 is 5.78. The van der Waals surface area contributed by atoms with Gasteiger partial charge >= 0.3 is 5.97 Å². The quantitative estimate of drug-likeness (QED) is 0.770. The molecule has 0 radical (unpaired) electrons. The average molecular weight is 364 g/mol. The number of hydrogen-bond acceptors (Lipinski definition) is 4. The monoisotopic (exact) mass is 363 g/mol. The van der Waals surface area contributed by atoms with Crippen LogP contribution in [-0.2, 0) is 14.3 Å². The molecule has 4 nitrogen and oxygen atoms in total. The number of halogens is 1. The molecule has 0 fully saturated rings. The molecule has 1 heterocycles. The van der Waals surface area contributed by atoms with Crippen LogP contribution >= 0.6 is 15.9 Å². The summed E-state index contributed by atoms with van der Waals surface area (Å²) in [6.07, 6.45) is 0. The number of ketones is 1. The van der Waals surface area contributed by atoms with Crippen molar-refractivity contribution >= 4 is 33.4 Å². The predicted molar refractivity (Wildman–Crippen MR) is 88.9 cm³/mol. The van der Waals surface area contributed by atoms with Crippen LogP contribution in [0.25, 0.3) is 0 Å². The van der Waals surface area contributed by atoms with Crippen molar-refractivity contribution in [3.8, 4) is 0 Å². The lowest BCUT2D eigenvalue weighted by molar-refractivity contribution is -0.136. The molecular weight excluding hydrogens is 346 g/mol. The number of carbonyl (C=O) groups is 2. The first-order valence-corrected chi connectivity index (χ1v) is 7.77. The highest BCUT2D eigenvalue weighted by Gasteiger charge is 2.40. The Morgan fingerprint density at radius 1 is 1.23 bits per heavy atom. The van der Waals surface area contributed by atoms with Crippen LogP contribution in [0.1, 0.15) is 32.3 Å². The molecule has 1 aliphatic heterocycles. The summed E-state index contributed by atoms with van der Waals surface area (Å²) in [4.78, 5) is 28.9. The van der Waals surface area contributed by atoms with Gasteiger partial charge in [0.15, 0.2) is 0 Å². The standard InChI is InChI=1S/C17H18BrNO3/c1-9-14(11(3)20)16(12-7-5-6-8-13(12)18)15(10(2)19-9)17(21)22-4/h5-8,14,16H,1-4H3. The number of nitrogens with zero attached hydrogens (tertiary/aromatic N) is 1. The maximum atomic E-state index is 12.3. The molecule has 22 heavy (non-hydrogen) atoms. The van der Waals surface area contributed by atoms with Crippen LogP contribution in [0.5, 0.6) is 0 Å². The van der Waals surface area contributed by atoms with Gasteiger partial charge in [-0.15, -0.1) is 0 Å². The molecule has 1 aromatic carbocycles. The molecule has 0 saturated carbocycles. The molecule has 1 aliphatic rings. The van der Waals surface area contributed by atoms with Gasteiger partial charge in [0.25, 0.3) is 0 Å². The van der Waals surface area contributed by atoms with Crippen LogP contribution in [0.15, 0.2) is 45.0 Å². The van der Waals surface area contributed by atoms with Crippen molar-refractivity contribution in [3.05, 3.63) is 45.6 Å². The molecule has 0 saturated heterocycles. The fourth-order valence-corrected chi connectivity index (χ4v) is 3.53. The van der Waals surface area contributed by atoms with E-state index in [2.05, 4.69) is 20.9 Å². The molecule has 1 aromatic rings. The van der Waals surface area contributed by atoms with Gasteiger partial charge in [-0.2, -0.15) is 0 Å². The number of methoxy groups -OCH3 is 1. The van der Waals surface area contributed by atoms with Crippen LogP contribution in [0, 0.1) is 5.92 Å². The number of ether oxygens (including phenoxy) is 1. The first-order valence-electron chi connectivity index (χ1n) is 6.97. The molecule has 0 spiro atoms. The van der Waals surface area contributed by atoms with Gasteiger partial charge in [-0.05, 0) is 32.4 Å². The van der Waals surface area contributed by atoms with Crippen molar-refractivity contribution in [2.24, 2.45) is 10.9 Å². The fourth-order valence-electron chi connectivity index (χ4n) is 3.00.